The lowest BCUT2D eigenvalue weighted by Gasteiger charge is -2.24. The first kappa shape index (κ1) is 11.6. The van der Waals surface area contributed by atoms with Crippen LogP contribution in [0.25, 0.3) is 10.7 Å². The number of piperidine rings is 1. The average Bonchev–Trinajstić information content (AvgIpc) is 2.99. The van der Waals surface area contributed by atoms with Gasteiger partial charge >= 0.3 is 0 Å². The highest BCUT2D eigenvalue weighted by Crippen LogP contribution is 2.28. The lowest BCUT2D eigenvalue weighted by molar-refractivity contribution is -0.122. The molecular formula is C11H12N4OS2. The Balaban J connectivity index is 1.99. The Hall–Kier alpha value is -1.47. The second-order valence-electron chi connectivity index (χ2n) is 4.20. The summed E-state index contributed by atoms with van der Waals surface area (Å²) in [5, 5.41) is 12.0. The summed E-state index contributed by atoms with van der Waals surface area (Å²) in [6.07, 6.45) is 1.35. The number of carbonyl (C=O) groups excluding carboxylic acids is 1. The van der Waals surface area contributed by atoms with Crippen molar-refractivity contribution in [2.45, 2.75) is 18.9 Å². The molecule has 3 heterocycles. The van der Waals surface area contributed by atoms with Gasteiger partial charge in [-0.05, 0) is 30.1 Å². The number of carbonyl (C=O) groups is 1. The number of H-pyrrole nitrogens is 1. The fraction of sp³-hybridized carbons (Fsp3) is 0.364. The van der Waals surface area contributed by atoms with E-state index in [1.165, 1.54) is 0 Å². The molecule has 5 nitrogen and oxygen atoms in total. The maximum atomic E-state index is 11.2. The Kier molecular flexibility index (Phi) is 3.00. The molecule has 1 aliphatic heterocycles. The summed E-state index contributed by atoms with van der Waals surface area (Å²) in [6.45, 7) is 0.616. The van der Waals surface area contributed by atoms with Crippen LogP contribution in [-0.2, 0) is 4.79 Å². The Morgan fingerprint density at radius 2 is 2.44 bits per heavy atom. The van der Waals surface area contributed by atoms with Crippen LogP contribution >= 0.6 is 23.6 Å². The van der Waals surface area contributed by atoms with Crippen LogP contribution in [0.4, 0.5) is 0 Å². The lowest BCUT2D eigenvalue weighted by Crippen LogP contribution is -2.36. The van der Waals surface area contributed by atoms with Gasteiger partial charge in [0.25, 0.3) is 0 Å². The molecule has 2 N–H and O–H groups in total. The number of amides is 1. The minimum Gasteiger partial charge on any atom is -0.354 e. The fourth-order valence-electron chi connectivity index (χ4n) is 2.16. The van der Waals surface area contributed by atoms with Gasteiger partial charge in [0, 0.05) is 13.0 Å². The highest BCUT2D eigenvalue weighted by molar-refractivity contribution is 7.71. The van der Waals surface area contributed by atoms with E-state index in [1.54, 1.807) is 11.3 Å². The van der Waals surface area contributed by atoms with E-state index in [4.69, 9.17) is 12.2 Å². The van der Waals surface area contributed by atoms with Gasteiger partial charge in [0.15, 0.2) is 10.6 Å². The van der Waals surface area contributed by atoms with Crippen LogP contribution in [0.1, 0.15) is 18.9 Å². The van der Waals surface area contributed by atoms with Gasteiger partial charge in [-0.15, -0.1) is 11.3 Å². The third kappa shape index (κ3) is 1.99. The van der Waals surface area contributed by atoms with Gasteiger partial charge < -0.3 is 5.32 Å². The first-order valence-corrected chi connectivity index (χ1v) is 7.02. The molecule has 7 heteroatoms. The molecule has 2 aromatic heterocycles. The molecule has 1 atom stereocenters. The fourth-order valence-corrected chi connectivity index (χ4v) is 3.15. The largest absolute Gasteiger partial charge is 0.354 e. The van der Waals surface area contributed by atoms with E-state index >= 15 is 0 Å². The van der Waals surface area contributed by atoms with E-state index in [-0.39, 0.29) is 11.9 Å². The van der Waals surface area contributed by atoms with Crippen LogP contribution in [0.3, 0.4) is 0 Å². The molecule has 1 amide bonds. The van der Waals surface area contributed by atoms with Crippen LogP contribution in [0, 0.1) is 4.77 Å². The van der Waals surface area contributed by atoms with Gasteiger partial charge in [0.2, 0.25) is 5.91 Å². The van der Waals surface area contributed by atoms with E-state index in [0.29, 0.717) is 17.7 Å². The summed E-state index contributed by atoms with van der Waals surface area (Å²) < 4.78 is 2.63. The molecule has 3 rings (SSSR count). The number of nitrogens with zero attached hydrogens (tertiary/aromatic N) is 2. The summed E-state index contributed by atoms with van der Waals surface area (Å²) >= 11 is 6.92. The van der Waals surface area contributed by atoms with E-state index in [2.05, 4.69) is 15.5 Å². The Labute approximate surface area is 113 Å². The van der Waals surface area contributed by atoms with Gasteiger partial charge in [-0.25, -0.2) is 0 Å². The van der Waals surface area contributed by atoms with Gasteiger partial charge in [-0.2, -0.15) is 5.10 Å². The molecule has 0 aliphatic carbocycles. The zero-order valence-electron chi connectivity index (χ0n) is 9.55. The smallest absolute Gasteiger partial charge is 0.220 e. The van der Waals surface area contributed by atoms with E-state index in [9.17, 15) is 4.79 Å². The summed E-state index contributed by atoms with van der Waals surface area (Å²) in [4.78, 5) is 12.3. The van der Waals surface area contributed by atoms with Crippen molar-refractivity contribution in [2.24, 2.45) is 0 Å². The van der Waals surface area contributed by atoms with Crippen LogP contribution in [-0.4, -0.2) is 27.2 Å². The zero-order valence-corrected chi connectivity index (χ0v) is 11.2. The van der Waals surface area contributed by atoms with Crippen LogP contribution in [0.15, 0.2) is 17.5 Å². The zero-order chi connectivity index (χ0) is 12.5. The SMILES string of the molecule is O=C1CCC(n2c(-c3cccs3)n[nH]c2=S)CN1. The number of nitrogens with one attached hydrogen (secondary N) is 2. The lowest BCUT2D eigenvalue weighted by atomic mass is 10.1. The number of aromatic nitrogens is 3. The second-order valence-corrected chi connectivity index (χ2v) is 5.53. The minimum absolute atomic E-state index is 0.110. The number of rotatable bonds is 2. The molecule has 0 bridgehead atoms. The summed E-state index contributed by atoms with van der Waals surface area (Å²) in [5.41, 5.74) is 0. The number of aromatic amines is 1. The van der Waals surface area contributed by atoms with Crippen LogP contribution < -0.4 is 5.32 Å². The second kappa shape index (κ2) is 4.66. The maximum Gasteiger partial charge on any atom is 0.220 e. The highest BCUT2D eigenvalue weighted by atomic mass is 32.1. The Morgan fingerprint density at radius 3 is 3.11 bits per heavy atom. The molecule has 2 aromatic rings. The predicted octanol–water partition coefficient (Wildman–Crippen LogP) is 2.12. The Bertz CT molecular complexity index is 603. The summed E-state index contributed by atoms with van der Waals surface area (Å²) in [6, 6.07) is 4.20. The van der Waals surface area contributed by atoms with Gasteiger partial charge in [-0.3, -0.25) is 14.5 Å². The molecule has 1 saturated heterocycles. The van der Waals surface area contributed by atoms with E-state index in [0.717, 1.165) is 17.1 Å². The number of hydrogen-bond donors (Lipinski definition) is 2. The molecule has 0 spiro atoms. The monoisotopic (exact) mass is 280 g/mol. The van der Waals surface area contributed by atoms with Crippen molar-refractivity contribution < 1.29 is 4.79 Å². The molecule has 0 saturated carbocycles. The van der Waals surface area contributed by atoms with Crippen molar-refractivity contribution in [1.29, 1.82) is 0 Å². The van der Waals surface area contributed by atoms with E-state index in [1.807, 2.05) is 22.1 Å². The van der Waals surface area contributed by atoms with Crippen molar-refractivity contribution in [3.05, 3.63) is 22.3 Å². The highest BCUT2D eigenvalue weighted by Gasteiger charge is 2.23. The first-order chi connectivity index (χ1) is 8.75. The van der Waals surface area contributed by atoms with Gasteiger partial charge in [0.1, 0.15) is 0 Å². The Morgan fingerprint density at radius 1 is 1.56 bits per heavy atom. The van der Waals surface area contributed by atoms with Crippen molar-refractivity contribution in [1.82, 2.24) is 20.1 Å². The van der Waals surface area contributed by atoms with Crippen LogP contribution in [0.5, 0.6) is 0 Å². The van der Waals surface area contributed by atoms with Gasteiger partial charge in [-0.1, -0.05) is 6.07 Å². The minimum atomic E-state index is 0.110. The predicted molar refractivity (Wildman–Crippen MR) is 72.0 cm³/mol. The molecule has 0 aromatic carbocycles. The average molecular weight is 280 g/mol. The van der Waals surface area contributed by atoms with Crippen molar-refractivity contribution in [3.63, 3.8) is 0 Å². The summed E-state index contributed by atoms with van der Waals surface area (Å²) in [7, 11) is 0. The normalized spacial score (nSPS) is 19.8. The third-order valence-corrected chi connectivity index (χ3v) is 4.20. The molecule has 1 aliphatic rings. The topological polar surface area (TPSA) is 62.7 Å². The van der Waals surface area contributed by atoms with Crippen molar-refractivity contribution >= 4 is 29.5 Å². The van der Waals surface area contributed by atoms with Crippen molar-refractivity contribution in [3.8, 4) is 10.7 Å². The first-order valence-electron chi connectivity index (χ1n) is 5.73. The summed E-state index contributed by atoms with van der Waals surface area (Å²) in [5.74, 6) is 0.968. The molecule has 18 heavy (non-hydrogen) atoms. The van der Waals surface area contributed by atoms with Gasteiger partial charge in [0.05, 0.1) is 10.9 Å². The number of thiophene rings is 1. The van der Waals surface area contributed by atoms with Crippen molar-refractivity contribution in [2.75, 3.05) is 6.54 Å². The molecule has 94 valence electrons. The quantitative estimate of drug-likeness (QED) is 0.828. The maximum absolute atomic E-state index is 11.2. The van der Waals surface area contributed by atoms with Crippen LogP contribution in [0.2, 0.25) is 0 Å². The molecule has 0 radical (unpaired) electrons. The molecule has 1 unspecified atom stereocenters. The molecular weight excluding hydrogens is 268 g/mol. The van der Waals surface area contributed by atoms with E-state index < -0.39 is 0 Å². The molecule has 1 fully saturated rings. The number of hydrogen-bond acceptors (Lipinski definition) is 4. The third-order valence-electron chi connectivity index (χ3n) is 3.05. The standard InChI is InChI=1S/C11H12N4OS2/c16-9-4-3-7(6-12-9)15-10(13-14-11(15)17)8-2-1-5-18-8/h1-2,5,7H,3-4,6H2,(H,12,16)(H,14,17).